The van der Waals surface area contributed by atoms with Gasteiger partial charge in [0, 0.05) is 5.38 Å². The Morgan fingerprint density at radius 1 is 1.50 bits per heavy atom. The number of carbonyl (C=O) groups is 1. The molecule has 3 aromatic rings. The highest BCUT2D eigenvalue weighted by atomic mass is 32.1. The number of fused-ring (bicyclic) bond motifs is 1. The molecule has 3 heterocycles. The molecule has 16 heavy (non-hydrogen) atoms. The van der Waals surface area contributed by atoms with Gasteiger partial charge in [0.15, 0.2) is 11.2 Å². The number of imidazole rings is 1. The van der Waals surface area contributed by atoms with Crippen molar-refractivity contribution in [2.45, 2.75) is 6.92 Å². The molecule has 0 N–H and O–H groups in total. The minimum Gasteiger partial charge on any atom is -0.296 e. The minimum atomic E-state index is 0.555. The number of thiazole rings is 1. The Balaban J connectivity index is 2.35. The van der Waals surface area contributed by atoms with Crippen molar-refractivity contribution in [1.29, 1.82) is 0 Å². The zero-order valence-electron chi connectivity index (χ0n) is 8.25. The van der Waals surface area contributed by atoms with E-state index in [0.717, 1.165) is 27.5 Å². The van der Waals surface area contributed by atoms with Crippen LogP contribution in [0.3, 0.4) is 0 Å². The van der Waals surface area contributed by atoms with Gasteiger partial charge in [0.25, 0.3) is 0 Å². The lowest BCUT2D eigenvalue weighted by molar-refractivity contribution is 0.111. The first-order valence-electron chi connectivity index (χ1n) is 4.50. The van der Waals surface area contributed by atoms with E-state index >= 15 is 0 Å². The fourth-order valence-corrected chi connectivity index (χ4v) is 3.14. The van der Waals surface area contributed by atoms with Gasteiger partial charge < -0.3 is 0 Å². The summed E-state index contributed by atoms with van der Waals surface area (Å²) in [6, 6.07) is 0. The summed E-state index contributed by atoms with van der Waals surface area (Å²) >= 11 is 2.83. The summed E-state index contributed by atoms with van der Waals surface area (Å²) in [5, 5.41) is 5.94. The summed E-state index contributed by atoms with van der Waals surface area (Å²) in [6.07, 6.45) is 2.38. The van der Waals surface area contributed by atoms with Gasteiger partial charge in [-0.25, -0.2) is 4.98 Å². The molecular weight excluding hydrogens is 244 g/mol. The van der Waals surface area contributed by atoms with Crippen molar-refractivity contribution < 1.29 is 4.79 Å². The van der Waals surface area contributed by atoms with Crippen molar-refractivity contribution in [3.63, 3.8) is 0 Å². The summed E-state index contributed by atoms with van der Waals surface area (Å²) in [6.45, 7) is 1.90. The van der Waals surface area contributed by atoms with Crippen LogP contribution in [0.5, 0.6) is 0 Å². The van der Waals surface area contributed by atoms with Crippen LogP contribution in [-0.2, 0) is 0 Å². The lowest BCUT2D eigenvalue weighted by Gasteiger charge is -1.96. The van der Waals surface area contributed by atoms with Crippen LogP contribution in [0.25, 0.3) is 15.5 Å². The topological polar surface area (TPSA) is 60.2 Å². The second kappa shape index (κ2) is 3.46. The summed E-state index contributed by atoms with van der Waals surface area (Å²) < 4.78 is 5.73. The summed E-state index contributed by atoms with van der Waals surface area (Å²) in [5.74, 6) is 0. The van der Waals surface area contributed by atoms with Gasteiger partial charge in [-0.1, -0.05) is 4.49 Å². The van der Waals surface area contributed by atoms with E-state index in [-0.39, 0.29) is 0 Å². The molecule has 0 aliphatic heterocycles. The van der Waals surface area contributed by atoms with Crippen LogP contribution < -0.4 is 0 Å². The van der Waals surface area contributed by atoms with Gasteiger partial charge in [0.2, 0.25) is 0 Å². The van der Waals surface area contributed by atoms with Gasteiger partial charge in [-0.2, -0.15) is 0 Å². The Kier molecular flexibility index (Phi) is 2.08. The zero-order valence-corrected chi connectivity index (χ0v) is 9.88. The van der Waals surface area contributed by atoms with Crippen LogP contribution in [0, 0.1) is 6.92 Å². The average molecular weight is 250 g/mol. The maximum absolute atomic E-state index is 10.9. The molecule has 0 atom stereocenters. The summed E-state index contributed by atoms with van der Waals surface area (Å²) in [5.41, 5.74) is 2.36. The Morgan fingerprint density at radius 3 is 3.06 bits per heavy atom. The lowest BCUT2D eigenvalue weighted by Crippen LogP contribution is -1.91. The van der Waals surface area contributed by atoms with Crippen LogP contribution in [-0.4, -0.2) is 25.3 Å². The van der Waals surface area contributed by atoms with Gasteiger partial charge in [-0.3, -0.25) is 9.20 Å². The summed E-state index contributed by atoms with van der Waals surface area (Å²) in [7, 11) is 0. The fraction of sp³-hybridized carbons (Fsp3) is 0.111. The molecule has 0 unspecified atom stereocenters. The largest absolute Gasteiger partial charge is 0.296 e. The molecule has 5 nitrogen and oxygen atoms in total. The van der Waals surface area contributed by atoms with E-state index in [2.05, 4.69) is 14.6 Å². The smallest absolute Gasteiger partial charge is 0.194 e. The third-order valence-corrected chi connectivity index (χ3v) is 3.97. The van der Waals surface area contributed by atoms with Crippen LogP contribution in [0.4, 0.5) is 0 Å². The van der Waals surface area contributed by atoms with E-state index in [0.29, 0.717) is 5.69 Å². The van der Waals surface area contributed by atoms with Crippen molar-refractivity contribution in [2.24, 2.45) is 0 Å². The van der Waals surface area contributed by atoms with Crippen LogP contribution in [0.15, 0.2) is 11.6 Å². The van der Waals surface area contributed by atoms with E-state index in [9.17, 15) is 4.79 Å². The predicted molar refractivity (Wildman–Crippen MR) is 62.1 cm³/mol. The molecule has 7 heteroatoms. The number of aromatic nitrogens is 4. The molecule has 0 bridgehead atoms. The monoisotopic (exact) mass is 250 g/mol. The van der Waals surface area contributed by atoms with Crippen molar-refractivity contribution in [3.05, 3.63) is 23.0 Å². The van der Waals surface area contributed by atoms with Crippen LogP contribution in [0.2, 0.25) is 0 Å². The average Bonchev–Trinajstić information content (AvgIpc) is 2.92. The Labute approximate surface area is 98.5 Å². The quantitative estimate of drug-likeness (QED) is 0.653. The highest BCUT2D eigenvalue weighted by Gasteiger charge is 2.15. The number of hydrogen-bond donors (Lipinski definition) is 0. The third-order valence-electron chi connectivity index (χ3n) is 2.28. The SMILES string of the molecule is Cc1nnsc1-c1csc2ncc(C=O)n12. The lowest BCUT2D eigenvalue weighted by atomic mass is 10.3. The van der Waals surface area contributed by atoms with Gasteiger partial charge in [-0.05, 0) is 18.5 Å². The number of aldehydes is 1. The van der Waals surface area contributed by atoms with Crippen molar-refractivity contribution in [2.75, 3.05) is 0 Å². The molecule has 3 rings (SSSR count). The second-order valence-corrected chi connectivity index (χ2v) is 4.82. The molecule has 3 aromatic heterocycles. The maximum Gasteiger partial charge on any atom is 0.194 e. The molecule has 0 aliphatic rings. The van der Waals surface area contributed by atoms with E-state index in [1.165, 1.54) is 22.9 Å². The number of carbonyl (C=O) groups excluding carboxylic acids is 1. The molecule has 0 amide bonds. The van der Waals surface area contributed by atoms with E-state index < -0.39 is 0 Å². The molecule has 0 radical (unpaired) electrons. The number of nitrogens with zero attached hydrogens (tertiary/aromatic N) is 4. The number of rotatable bonds is 2. The molecule has 0 saturated carbocycles. The molecule has 0 spiro atoms. The molecular formula is C9H6N4OS2. The Morgan fingerprint density at radius 2 is 2.38 bits per heavy atom. The first-order chi connectivity index (χ1) is 7.81. The van der Waals surface area contributed by atoms with E-state index in [1.54, 1.807) is 6.20 Å². The molecule has 0 aliphatic carbocycles. The third kappa shape index (κ3) is 1.22. The highest BCUT2D eigenvalue weighted by molar-refractivity contribution is 7.16. The van der Waals surface area contributed by atoms with Crippen molar-refractivity contribution >= 4 is 34.1 Å². The maximum atomic E-state index is 10.9. The normalized spacial score (nSPS) is 11.1. The van der Waals surface area contributed by atoms with Gasteiger partial charge in [0.1, 0.15) is 5.69 Å². The van der Waals surface area contributed by atoms with E-state index in [1.807, 2.05) is 16.7 Å². The van der Waals surface area contributed by atoms with Crippen LogP contribution >= 0.6 is 22.9 Å². The number of aryl methyl sites for hydroxylation is 1. The van der Waals surface area contributed by atoms with Crippen LogP contribution in [0.1, 0.15) is 16.2 Å². The summed E-state index contributed by atoms with van der Waals surface area (Å²) in [4.78, 5) is 16.9. The Hall–Kier alpha value is -1.60. The first kappa shape index (κ1) is 9.61. The van der Waals surface area contributed by atoms with Gasteiger partial charge in [-0.15, -0.1) is 16.4 Å². The van der Waals surface area contributed by atoms with Crippen molar-refractivity contribution in [3.8, 4) is 10.6 Å². The zero-order chi connectivity index (χ0) is 11.1. The van der Waals surface area contributed by atoms with Gasteiger partial charge in [0.05, 0.1) is 22.5 Å². The van der Waals surface area contributed by atoms with Crippen molar-refractivity contribution in [1.82, 2.24) is 19.0 Å². The fourth-order valence-electron chi connectivity index (χ4n) is 1.54. The Bertz CT molecular complexity index is 666. The van der Waals surface area contributed by atoms with E-state index in [4.69, 9.17) is 0 Å². The predicted octanol–water partition coefficient (Wildman–Crippen LogP) is 2.04. The molecule has 0 saturated heterocycles. The minimum absolute atomic E-state index is 0.555. The van der Waals surface area contributed by atoms with Gasteiger partial charge >= 0.3 is 0 Å². The number of hydrogen-bond acceptors (Lipinski definition) is 6. The first-order valence-corrected chi connectivity index (χ1v) is 6.16. The second-order valence-electron chi connectivity index (χ2n) is 3.23. The standard InChI is InChI=1S/C9H6N4OS2/c1-5-8(16-12-11-5)7-4-15-9-10-2-6(3-14)13(7)9/h2-4H,1H3. The molecule has 80 valence electrons. The molecule has 0 aromatic carbocycles. The highest BCUT2D eigenvalue weighted by Crippen LogP contribution is 2.30. The molecule has 0 fully saturated rings.